The van der Waals surface area contributed by atoms with Crippen LogP contribution in [0.3, 0.4) is 0 Å². The average Bonchev–Trinajstić information content (AvgIpc) is 3.04. The van der Waals surface area contributed by atoms with Crippen molar-refractivity contribution in [2.75, 3.05) is 18.0 Å². The SMILES string of the molecule is CCCCCCCCCCCCCCN(CCCCCCCCCCCCCC)c1ccc(/C=C/c2cc[n+](C)cc2)cc1Cl. The van der Waals surface area contributed by atoms with Crippen LogP contribution in [0.15, 0.2) is 42.7 Å². The van der Waals surface area contributed by atoms with Crippen LogP contribution in [0, 0.1) is 0 Å². The van der Waals surface area contributed by atoms with Gasteiger partial charge in [-0.3, -0.25) is 0 Å². The lowest BCUT2D eigenvalue weighted by molar-refractivity contribution is -0.671. The molecule has 0 saturated heterocycles. The van der Waals surface area contributed by atoms with Crippen molar-refractivity contribution < 1.29 is 4.57 Å². The van der Waals surface area contributed by atoms with E-state index in [2.05, 4.69) is 78.2 Å². The summed E-state index contributed by atoms with van der Waals surface area (Å²) in [6.07, 6.45) is 41.9. The van der Waals surface area contributed by atoms with Crippen molar-refractivity contribution in [3.8, 4) is 0 Å². The second kappa shape index (κ2) is 27.3. The molecule has 254 valence electrons. The number of hydrogen-bond acceptors (Lipinski definition) is 1. The van der Waals surface area contributed by atoms with Gasteiger partial charge in [0.05, 0.1) is 10.7 Å². The third kappa shape index (κ3) is 20.1. The predicted molar refractivity (Wildman–Crippen MR) is 202 cm³/mol. The standard InChI is InChI=1S/C42H70ClN2/c1-4-6-8-10-12-14-16-18-20-22-24-26-34-45(35-27-25-23-21-19-17-15-13-11-9-7-5-2)42-31-30-40(38-41(42)43)29-28-39-32-36-44(3)37-33-39/h28-33,36-38H,4-27,34-35H2,1-3H3/q+1. The van der Waals surface area contributed by atoms with Crippen LogP contribution in [-0.2, 0) is 7.05 Å². The molecule has 0 atom stereocenters. The van der Waals surface area contributed by atoms with Crippen molar-refractivity contribution in [1.82, 2.24) is 0 Å². The summed E-state index contributed by atoms with van der Waals surface area (Å²) in [4.78, 5) is 2.58. The number of aromatic nitrogens is 1. The second-order valence-corrected chi connectivity index (χ2v) is 14.0. The normalized spacial score (nSPS) is 11.6. The molecule has 0 aliphatic carbocycles. The first-order valence-corrected chi connectivity index (χ1v) is 19.7. The summed E-state index contributed by atoms with van der Waals surface area (Å²) in [5.41, 5.74) is 3.58. The number of nitrogens with zero attached hydrogens (tertiary/aromatic N) is 2. The number of anilines is 1. The molecule has 0 N–H and O–H groups in total. The summed E-state index contributed by atoms with van der Waals surface area (Å²) in [7, 11) is 2.05. The number of aryl methyl sites for hydroxylation is 1. The van der Waals surface area contributed by atoms with Gasteiger partial charge >= 0.3 is 0 Å². The van der Waals surface area contributed by atoms with E-state index in [1.165, 1.54) is 165 Å². The Morgan fingerprint density at radius 3 is 1.29 bits per heavy atom. The number of benzene rings is 1. The van der Waals surface area contributed by atoms with E-state index in [0.717, 1.165) is 23.7 Å². The molecule has 0 spiro atoms. The molecule has 2 aromatic rings. The van der Waals surface area contributed by atoms with Gasteiger partial charge in [-0.2, -0.15) is 0 Å². The quantitative estimate of drug-likeness (QED) is 0.0635. The molecule has 3 heteroatoms. The highest BCUT2D eigenvalue weighted by atomic mass is 35.5. The Morgan fingerprint density at radius 2 is 0.889 bits per heavy atom. The number of pyridine rings is 1. The van der Waals surface area contributed by atoms with Gasteiger partial charge in [-0.05, 0) is 36.1 Å². The van der Waals surface area contributed by atoms with E-state index in [4.69, 9.17) is 11.6 Å². The Kier molecular flexibility index (Phi) is 23.9. The van der Waals surface area contributed by atoms with Gasteiger partial charge in [0.15, 0.2) is 12.4 Å². The number of halogens is 1. The fraction of sp³-hybridized carbons (Fsp3) is 0.690. The molecule has 0 amide bonds. The third-order valence-electron chi connectivity index (χ3n) is 9.35. The molecule has 0 aliphatic heterocycles. The first kappa shape index (κ1) is 39.4. The Labute approximate surface area is 285 Å². The van der Waals surface area contributed by atoms with Gasteiger partial charge in [-0.25, -0.2) is 4.57 Å². The smallest absolute Gasteiger partial charge is 0.169 e. The van der Waals surface area contributed by atoms with Crippen LogP contribution >= 0.6 is 11.6 Å². The summed E-state index contributed by atoms with van der Waals surface area (Å²) < 4.78 is 2.06. The lowest BCUT2D eigenvalue weighted by Crippen LogP contribution is -2.26. The zero-order valence-electron chi connectivity index (χ0n) is 29.9. The van der Waals surface area contributed by atoms with Gasteiger partial charge < -0.3 is 4.90 Å². The minimum atomic E-state index is 0.884. The first-order chi connectivity index (χ1) is 22.1. The maximum atomic E-state index is 6.95. The summed E-state index contributed by atoms with van der Waals surface area (Å²) >= 11 is 6.95. The van der Waals surface area contributed by atoms with E-state index in [1.807, 2.05) is 7.05 Å². The highest BCUT2D eigenvalue weighted by Gasteiger charge is 2.11. The first-order valence-electron chi connectivity index (χ1n) is 19.3. The van der Waals surface area contributed by atoms with Gasteiger partial charge in [0.2, 0.25) is 0 Å². The minimum Gasteiger partial charge on any atom is -0.370 e. The van der Waals surface area contributed by atoms with Crippen LogP contribution in [0.2, 0.25) is 5.02 Å². The zero-order valence-corrected chi connectivity index (χ0v) is 30.6. The molecule has 0 saturated carbocycles. The van der Waals surface area contributed by atoms with E-state index >= 15 is 0 Å². The predicted octanol–water partition coefficient (Wildman–Crippen LogP) is 13.5. The molecule has 1 heterocycles. The fourth-order valence-corrected chi connectivity index (χ4v) is 6.65. The lowest BCUT2D eigenvalue weighted by Gasteiger charge is -2.26. The molecule has 0 unspecified atom stereocenters. The van der Waals surface area contributed by atoms with Crippen LogP contribution in [0.25, 0.3) is 12.2 Å². The van der Waals surface area contributed by atoms with E-state index in [9.17, 15) is 0 Å². The largest absolute Gasteiger partial charge is 0.370 e. The summed E-state index contributed by atoms with van der Waals surface area (Å²) in [6, 6.07) is 10.9. The molecule has 0 fully saturated rings. The Balaban J connectivity index is 1.76. The van der Waals surface area contributed by atoms with Crippen molar-refractivity contribution in [1.29, 1.82) is 0 Å². The molecule has 0 radical (unpaired) electrons. The zero-order chi connectivity index (χ0) is 32.2. The maximum Gasteiger partial charge on any atom is 0.169 e. The van der Waals surface area contributed by atoms with Crippen molar-refractivity contribution >= 4 is 29.4 Å². The van der Waals surface area contributed by atoms with Crippen molar-refractivity contribution in [2.24, 2.45) is 7.05 Å². The van der Waals surface area contributed by atoms with Gasteiger partial charge in [-0.1, -0.05) is 185 Å². The van der Waals surface area contributed by atoms with Gasteiger partial charge in [0.25, 0.3) is 0 Å². The summed E-state index contributed by atoms with van der Waals surface area (Å²) in [5, 5.41) is 0.884. The second-order valence-electron chi connectivity index (χ2n) is 13.6. The highest BCUT2D eigenvalue weighted by molar-refractivity contribution is 6.33. The van der Waals surface area contributed by atoms with Crippen molar-refractivity contribution in [3.05, 3.63) is 58.9 Å². The molecule has 1 aromatic heterocycles. The van der Waals surface area contributed by atoms with Gasteiger partial charge in [-0.15, -0.1) is 0 Å². The Hall–Kier alpha value is -1.80. The molecular formula is C42H70ClN2+. The summed E-state index contributed by atoms with van der Waals surface area (Å²) in [5.74, 6) is 0. The molecule has 0 bridgehead atoms. The average molecular weight is 638 g/mol. The third-order valence-corrected chi connectivity index (χ3v) is 9.65. The van der Waals surface area contributed by atoms with Crippen molar-refractivity contribution in [2.45, 2.75) is 168 Å². The van der Waals surface area contributed by atoms with E-state index in [0.29, 0.717) is 0 Å². The number of rotatable bonds is 29. The minimum absolute atomic E-state index is 0.884. The molecule has 2 nitrogen and oxygen atoms in total. The van der Waals surface area contributed by atoms with Crippen molar-refractivity contribution in [3.63, 3.8) is 0 Å². The van der Waals surface area contributed by atoms with Crippen LogP contribution in [-0.4, -0.2) is 13.1 Å². The van der Waals surface area contributed by atoms with E-state index in [-0.39, 0.29) is 0 Å². The van der Waals surface area contributed by atoms with E-state index in [1.54, 1.807) is 0 Å². The molecular weight excluding hydrogens is 568 g/mol. The number of unbranched alkanes of at least 4 members (excludes halogenated alkanes) is 22. The molecule has 45 heavy (non-hydrogen) atoms. The fourth-order valence-electron chi connectivity index (χ4n) is 6.34. The van der Waals surface area contributed by atoms with Gasteiger partial charge in [0.1, 0.15) is 7.05 Å². The van der Waals surface area contributed by atoms with Crippen LogP contribution < -0.4 is 9.47 Å². The highest BCUT2D eigenvalue weighted by Crippen LogP contribution is 2.29. The lowest BCUT2D eigenvalue weighted by atomic mass is 10.0. The maximum absolute atomic E-state index is 6.95. The molecule has 0 aliphatic rings. The topological polar surface area (TPSA) is 7.12 Å². The van der Waals surface area contributed by atoms with Crippen LogP contribution in [0.4, 0.5) is 5.69 Å². The Morgan fingerprint density at radius 1 is 0.511 bits per heavy atom. The van der Waals surface area contributed by atoms with Gasteiger partial charge in [0, 0.05) is 25.2 Å². The molecule has 1 aromatic carbocycles. The molecule has 2 rings (SSSR count). The van der Waals surface area contributed by atoms with Crippen LogP contribution in [0.5, 0.6) is 0 Å². The summed E-state index contributed by atoms with van der Waals surface area (Å²) in [6.45, 7) is 6.83. The van der Waals surface area contributed by atoms with Crippen LogP contribution in [0.1, 0.15) is 179 Å². The number of hydrogen-bond donors (Lipinski definition) is 0. The van der Waals surface area contributed by atoms with E-state index < -0.39 is 0 Å². The monoisotopic (exact) mass is 638 g/mol. The Bertz CT molecular complexity index is 955.